The van der Waals surface area contributed by atoms with Crippen LogP contribution in [0, 0.1) is 5.41 Å². The minimum Gasteiger partial charge on any atom is -0.309 e. The first-order chi connectivity index (χ1) is 6.54. The average molecular weight is 211 g/mol. The minimum absolute atomic E-state index is 0.353. The Morgan fingerprint density at radius 2 is 2.14 bits per heavy atom. The van der Waals surface area contributed by atoms with Gasteiger partial charge in [-0.1, -0.05) is 33.8 Å². The van der Waals surface area contributed by atoms with Crippen molar-refractivity contribution in [1.29, 1.82) is 0 Å². The highest BCUT2D eigenvalue weighted by Crippen LogP contribution is 2.22. The summed E-state index contributed by atoms with van der Waals surface area (Å²) < 4.78 is 0. The van der Waals surface area contributed by atoms with Gasteiger partial charge in [-0.25, -0.2) is 0 Å². The Morgan fingerprint density at radius 1 is 1.43 bits per heavy atom. The van der Waals surface area contributed by atoms with Crippen molar-refractivity contribution in [3.8, 4) is 0 Å². The standard InChI is InChI=1S/C12H21NS/c1-5-11(12(2,3)4)13-9-10-7-6-8-14-10/h6-8,11,13H,5,9H2,1-4H3. The lowest BCUT2D eigenvalue weighted by atomic mass is 9.85. The molecule has 1 rings (SSSR count). The van der Waals surface area contributed by atoms with E-state index in [1.54, 1.807) is 0 Å². The Morgan fingerprint density at radius 3 is 2.57 bits per heavy atom. The number of thiophene rings is 1. The van der Waals surface area contributed by atoms with Gasteiger partial charge in [-0.2, -0.15) is 0 Å². The van der Waals surface area contributed by atoms with Crippen molar-refractivity contribution in [1.82, 2.24) is 5.32 Å². The van der Waals surface area contributed by atoms with Crippen LogP contribution >= 0.6 is 11.3 Å². The van der Waals surface area contributed by atoms with E-state index in [0.29, 0.717) is 11.5 Å². The molecule has 14 heavy (non-hydrogen) atoms. The lowest BCUT2D eigenvalue weighted by Crippen LogP contribution is -2.39. The molecule has 0 aromatic carbocycles. The van der Waals surface area contributed by atoms with Crippen LogP contribution in [0.5, 0.6) is 0 Å². The third-order valence-corrected chi connectivity index (χ3v) is 3.43. The molecule has 0 bridgehead atoms. The van der Waals surface area contributed by atoms with Crippen LogP contribution < -0.4 is 5.32 Å². The largest absolute Gasteiger partial charge is 0.309 e. The van der Waals surface area contributed by atoms with E-state index in [2.05, 4.69) is 50.5 Å². The van der Waals surface area contributed by atoms with Crippen molar-refractivity contribution in [2.75, 3.05) is 0 Å². The van der Waals surface area contributed by atoms with E-state index in [1.165, 1.54) is 11.3 Å². The van der Waals surface area contributed by atoms with Crippen LogP contribution in [-0.2, 0) is 6.54 Å². The van der Waals surface area contributed by atoms with Gasteiger partial charge < -0.3 is 5.32 Å². The van der Waals surface area contributed by atoms with Gasteiger partial charge in [0.25, 0.3) is 0 Å². The second-order valence-corrected chi connectivity index (χ2v) is 5.82. The molecule has 0 aliphatic rings. The van der Waals surface area contributed by atoms with E-state index < -0.39 is 0 Å². The van der Waals surface area contributed by atoms with E-state index in [0.717, 1.165) is 6.54 Å². The van der Waals surface area contributed by atoms with Gasteiger partial charge >= 0.3 is 0 Å². The summed E-state index contributed by atoms with van der Waals surface area (Å²) in [7, 11) is 0. The summed E-state index contributed by atoms with van der Waals surface area (Å²) in [6, 6.07) is 4.90. The molecular weight excluding hydrogens is 190 g/mol. The third kappa shape index (κ3) is 3.43. The van der Waals surface area contributed by atoms with E-state index in [1.807, 2.05) is 11.3 Å². The Kier molecular flexibility index (Phi) is 4.14. The number of hydrogen-bond donors (Lipinski definition) is 1. The summed E-state index contributed by atoms with van der Waals surface area (Å²) in [5.41, 5.74) is 0.353. The molecule has 1 unspecified atom stereocenters. The van der Waals surface area contributed by atoms with E-state index >= 15 is 0 Å². The first-order valence-electron chi connectivity index (χ1n) is 5.29. The molecule has 1 heterocycles. The molecule has 0 spiro atoms. The van der Waals surface area contributed by atoms with Crippen LogP contribution in [0.25, 0.3) is 0 Å². The quantitative estimate of drug-likeness (QED) is 0.801. The predicted octanol–water partition coefficient (Wildman–Crippen LogP) is 3.66. The summed E-state index contributed by atoms with van der Waals surface area (Å²) in [6.45, 7) is 10.1. The molecule has 1 N–H and O–H groups in total. The lowest BCUT2D eigenvalue weighted by molar-refractivity contribution is 0.260. The lowest BCUT2D eigenvalue weighted by Gasteiger charge is -2.30. The molecule has 0 saturated heterocycles. The van der Waals surface area contributed by atoms with Crippen LogP contribution in [0.4, 0.5) is 0 Å². The first kappa shape index (κ1) is 11.7. The summed E-state index contributed by atoms with van der Waals surface area (Å²) in [5, 5.41) is 5.76. The normalized spacial score (nSPS) is 14.3. The fraction of sp³-hybridized carbons (Fsp3) is 0.667. The van der Waals surface area contributed by atoms with Gasteiger partial charge in [-0.3, -0.25) is 0 Å². The molecule has 2 heteroatoms. The number of rotatable bonds is 4. The zero-order chi connectivity index (χ0) is 10.6. The second-order valence-electron chi connectivity index (χ2n) is 4.79. The van der Waals surface area contributed by atoms with Crippen molar-refractivity contribution in [2.24, 2.45) is 5.41 Å². The van der Waals surface area contributed by atoms with Crippen LogP contribution in [0.2, 0.25) is 0 Å². The number of hydrogen-bond acceptors (Lipinski definition) is 2. The Labute approximate surface area is 91.5 Å². The van der Waals surface area contributed by atoms with Gasteiger partial charge in [-0.05, 0) is 23.3 Å². The van der Waals surface area contributed by atoms with Gasteiger partial charge in [0.05, 0.1) is 0 Å². The van der Waals surface area contributed by atoms with Gasteiger partial charge in [0, 0.05) is 17.5 Å². The first-order valence-corrected chi connectivity index (χ1v) is 6.17. The summed E-state index contributed by atoms with van der Waals surface area (Å²) >= 11 is 1.82. The Bertz CT molecular complexity index is 246. The average Bonchev–Trinajstić information content (AvgIpc) is 2.55. The highest BCUT2D eigenvalue weighted by Gasteiger charge is 2.21. The maximum Gasteiger partial charge on any atom is 0.0302 e. The summed E-state index contributed by atoms with van der Waals surface area (Å²) in [4.78, 5) is 1.42. The molecule has 80 valence electrons. The van der Waals surface area contributed by atoms with Crippen LogP contribution in [0.15, 0.2) is 17.5 Å². The Hall–Kier alpha value is -0.340. The fourth-order valence-electron chi connectivity index (χ4n) is 1.70. The van der Waals surface area contributed by atoms with Crippen molar-refractivity contribution >= 4 is 11.3 Å². The van der Waals surface area contributed by atoms with Gasteiger partial charge in [0.15, 0.2) is 0 Å². The van der Waals surface area contributed by atoms with Crippen molar-refractivity contribution < 1.29 is 0 Å². The second kappa shape index (κ2) is 4.94. The zero-order valence-electron chi connectivity index (χ0n) is 9.63. The maximum atomic E-state index is 3.62. The van der Waals surface area contributed by atoms with Crippen LogP contribution in [-0.4, -0.2) is 6.04 Å². The van der Waals surface area contributed by atoms with Crippen molar-refractivity contribution in [3.63, 3.8) is 0 Å². The van der Waals surface area contributed by atoms with Crippen molar-refractivity contribution in [3.05, 3.63) is 22.4 Å². The summed E-state index contributed by atoms with van der Waals surface area (Å²) in [6.07, 6.45) is 1.19. The predicted molar refractivity (Wildman–Crippen MR) is 64.7 cm³/mol. The highest BCUT2D eigenvalue weighted by molar-refractivity contribution is 7.09. The van der Waals surface area contributed by atoms with Gasteiger partial charge in [0.2, 0.25) is 0 Å². The van der Waals surface area contributed by atoms with Gasteiger partial charge in [-0.15, -0.1) is 11.3 Å². The van der Waals surface area contributed by atoms with E-state index in [9.17, 15) is 0 Å². The van der Waals surface area contributed by atoms with Crippen molar-refractivity contribution in [2.45, 2.75) is 46.7 Å². The SMILES string of the molecule is CCC(NCc1cccs1)C(C)(C)C. The number of nitrogens with one attached hydrogen (secondary N) is 1. The minimum atomic E-state index is 0.353. The smallest absolute Gasteiger partial charge is 0.0302 e. The molecule has 0 aliphatic carbocycles. The molecule has 1 aromatic rings. The highest BCUT2D eigenvalue weighted by atomic mass is 32.1. The van der Waals surface area contributed by atoms with Crippen LogP contribution in [0.3, 0.4) is 0 Å². The zero-order valence-corrected chi connectivity index (χ0v) is 10.4. The van der Waals surface area contributed by atoms with Gasteiger partial charge in [0.1, 0.15) is 0 Å². The fourth-order valence-corrected chi connectivity index (χ4v) is 2.36. The molecule has 0 amide bonds. The topological polar surface area (TPSA) is 12.0 Å². The molecule has 0 fully saturated rings. The van der Waals surface area contributed by atoms with E-state index in [-0.39, 0.29) is 0 Å². The maximum absolute atomic E-state index is 3.62. The molecule has 0 aliphatic heterocycles. The molecule has 1 atom stereocenters. The molecule has 0 radical (unpaired) electrons. The van der Waals surface area contributed by atoms with E-state index in [4.69, 9.17) is 0 Å². The van der Waals surface area contributed by atoms with Crippen LogP contribution in [0.1, 0.15) is 39.0 Å². The third-order valence-electron chi connectivity index (χ3n) is 2.56. The Balaban J connectivity index is 2.43. The molecular formula is C12H21NS. The summed E-state index contributed by atoms with van der Waals surface area (Å²) in [5.74, 6) is 0. The molecule has 1 aromatic heterocycles. The monoisotopic (exact) mass is 211 g/mol. The molecule has 1 nitrogen and oxygen atoms in total. The molecule has 0 saturated carbocycles.